The SMILES string of the molecule is CC(C)On1nc(-c2nccs2)c(N)c1N. The predicted octanol–water partition coefficient (Wildman–Crippen LogP) is 1.01. The van der Waals surface area contributed by atoms with E-state index in [2.05, 4.69) is 10.1 Å². The molecule has 0 aliphatic heterocycles. The Balaban J connectivity index is 2.41. The molecule has 2 heterocycles. The lowest BCUT2D eigenvalue weighted by Gasteiger charge is -2.08. The van der Waals surface area contributed by atoms with Crippen LogP contribution in [0.3, 0.4) is 0 Å². The normalized spacial score (nSPS) is 10.9. The van der Waals surface area contributed by atoms with Crippen LogP contribution in [0, 0.1) is 0 Å². The molecule has 7 heteroatoms. The number of rotatable bonds is 3. The Morgan fingerprint density at radius 1 is 1.44 bits per heavy atom. The summed E-state index contributed by atoms with van der Waals surface area (Å²) in [7, 11) is 0. The van der Waals surface area contributed by atoms with E-state index in [0.29, 0.717) is 17.2 Å². The molecule has 0 saturated carbocycles. The van der Waals surface area contributed by atoms with Crippen molar-refractivity contribution >= 4 is 22.8 Å². The minimum Gasteiger partial charge on any atom is -0.394 e. The Morgan fingerprint density at radius 3 is 2.75 bits per heavy atom. The molecule has 16 heavy (non-hydrogen) atoms. The number of nitrogen functional groups attached to an aromatic ring is 2. The lowest BCUT2D eigenvalue weighted by Crippen LogP contribution is -2.21. The molecule has 0 aliphatic carbocycles. The maximum atomic E-state index is 5.85. The molecule has 2 aromatic rings. The van der Waals surface area contributed by atoms with Crippen LogP contribution in [0.2, 0.25) is 0 Å². The smallest absolute Gasteiger partial charge is 0.187 e. The van der Waals surface area contributed by atoms with E-state index in [1.807, 2.05) is 19.2 Å². The van der Waals surface area contributed by atoms with Gasteiger partial charge in [-0.3, -0.25) is 0 Å². The van der Waals surface area contributed by atoms with Crippen LogP contribution in [0.25, 0.3) is 10.7 Å². The second-order valence-electron chi connectivity index (χ2n) is 3.51. The summed E-state index contributed by atoms with van der Waals surface area (Å²) in [6.07, 6.45) is 1.67. The Kier molecular flexibility index (Phi) is 2.69. The van der Waals surface area contributed by atoms with Crippen LogP contribution in [-0.4, -0.2) is 21.0 Å². The largest absolute Gasteiger partial charge is 0.394 e. The topological polar surface area (TPSA) is 92.0 Å². The summed E-state index contributed by atoms with van der Waals surface area (Å²) in [6, 6.07) is 0. The molecule has 2 aromatic heterocycles. The van der Waals surface area contributed by atoms with E-state index >= 15 is 0 Å². The second-order valence-corrected chi connectivity index (χ2v) is 4.41. The fraction of sp³-hybridized carbons (Fsp3) is 0.333. The first-order valence-electron chi connectivity index (χ1n) is 4.80. The zero-order valence-corrected chi connectivity index (χ0v) is 9.86. The van der Waals surface area contributed by atoms with E-state index in [1.54, 1.807) is 6.20 Å². The molecule has 4 N–H and O–H groups in total. The Hall–Kier alpha value is -1.76. The second kappa shape index (κ2) is 4.01. The van der Waals surface area contributed by atoms with Gasteiger partial charge in [-0.1, -0.05) is 4.85 Å². The molecule has 0 saturated heterocycles. The van der Waals surface area contributed by atoms with Crippen molar-refractivity contribution in [3.05, 3.63) is 11.6 Å². The average Bonchev–Trinajstić information content (AvgIpc) is 2.81. The van der Waals surface area contributed by atoms with Gasteiger partial charge in [0.05, 0.1) is 0 Å². The third kappa shape index (κ3) is 1.81. The minimum atomic E-state index is -0.0225. The highest BCUT2D eigenvalue weighted by molar-refractivity contribution is 7.13. The van der Waals surface area contributed by atoms with Crippen molar-refractivity contribution in [3.8, 4) is 10.7 Å². The molecule has 86 valence electrons. The Bertz CT molecular complexity index is 476. The minimum absolute atomic E-state index is 0.0225. The molecule has 6 nitrogen and oxygen atoms in total. The third-order valence-electron chi connectivity index (χ3n) is 1.87. The summed E-state index contributed by atoms with van der Waals surface area (Å²) in [6.45, 7) is 3.78. The number of nitrogens with two attached hydrogens (primary N) is 2. The van der Waals surface area contributed by atoms with Crippen LogP contribution < -0.4 is 16.3 Å². The van der Waals surface area contributed by atoms with Crippen molar-refractivity contribution in [2.24, 2.45) is 0 Å². The van der Waals surface area contributed by atoms with Crippen LogP contribution in [-0.2, 0) is 0 Å². The molecule has 0 bridgehead atoms. The highest BCUT2D eigenvalue weighted by Crippen LogP contribution is 2.30. The van der Waals surface area contributed by atoms with Crippen molar-refractivity contribution < 1.29 is 4.84 Å². The van der Waals surface area contributed by atoms with Gasteiger partial charge in [-0.05, 0) is 13.8 Å². The molecule has 2 rings (SSSR count). The summed E-state index contributed by atoms with van der Waals surface area (Å²) >= 11 is 1.45. The quantitative estimate of drug-likeness (QED) is 0.833. The third-order valence-corrected chi connectivity index (χ3v) is 2.65. The van der Waals surface area contributed by atoms with Gasteiger partial charge < -0.3 is 16.3 Å². The van der Waals surface area contributed by atoms with E-state index in [0.717, 1.165) is 5.01 Å². The van der Waals surface area contributed by atoms with Crippen LogP contribution in [0.4, 0.5) is 11.5 Å². The monoisotopic (exact) mass is 239 g/mol. The molecule has 0 radical (unpaired) electrons. The number of aromatic nitrogens is 3. The first-order chi connectivity index (χ1) is 7.59. The molecule has 0 aliphatic rings. The first kappa shape index (κ1) is 10.7. The highest BCUT2D eigenvalue weighted by Gasteiger charge is 2.17. The summed E-state index contributed by atoms with van der Waals surface area (Å²) in [5.74, 6) is 0.305. The number of hydrogen-bond donors (Lipinski definition) is 2. The predicted molar refractivity (Wildman–Crippen MR) is 63.9 cm³/mol. The van der Waals surface area contributed by atoms with Crippen molar-refractivity contribution in [2.45, 2.75) is 20.0 Å². The van der Waals surface area contributed by atoms with Crippen LogP contribution in [0.1, 0.15) is 13.8 Å². The van der Waals surface area contributed by atoms with Gasteiger partial charge >= 0.3 is 0 Å². The van der Waals surface area contributed by atoms with Gasteiger partial charge in [-0.15, -0.1) is 16.4 Å². The van der Waals surface area contributed by atoms with E-state index in [1.165, 1.54) is 16.2 Å². The van der Waals surface area contributed by atoms with E-state index in [-0.39, 0.29) is 6.10 Å². The number of anilines is 2. The van der Waals surface area contributed by atoms with Crippen LogP contribution in [0.15, 0.2) is 11.6 Å². The Morgan fingerprint density at radius 2 is 2.19 bits per heavy atom. The van der Waals surface area contributed by atoms with Crippen molar-refractivity contribution in [1.29, 1.82) is 0 Å². The molecule has 0 amide bonds. The van der Waals surface area contributed by atoms with Gasteiger partial charge in [-0.25, -0.2) is 4.98 Å². The number of nitrogens with zero attached hydrogens (tertiary/aromatic N) is 3. The van der Waals surface area contributed by atoms with Crippen molar-refractivity contribution in [2.75, 3.05) is 11.5 Å². The maximum absolute atomic E-state index is 5.85. The lowest BCUT2D eigenvalue weighted by molar-refractivity contribution is 0.0409. The standard InChI is InChI=1S/C9H13N5OS/c1-5(2)15-14-8(11)6(10)7(13-14)9-12-3-4-16-9/h3-5H,10-11H2,1-2H3. The van der Waals surface area contributed by atoms with Crippen LogP contribution >= 0.6 is 11.3 Å². The number of hydrogen-bond acceptors (Lipinski definition) is 6. The van der Waals surface area contributed by atoms with E-state index in [4.69, 9.17) is 16.3 Å². The van der Waals surface area contributed by atoms with Gasteiger partial charge in [-0.2, -0.15) is 0 Å². The molecule has 0 fully saturated rings. The highest BCUT2D eigenvalue weighted by atomic mass is 32.1. The molecule has 0 spiro atoms. The van der Waals surface area contributed by atoms with Gasteiger partial charge in [0.1, 0.15) is 22.5 Å². The van der Waals surface area contributed by atoms with Gasteiger partial charge in [0.15, 0.2) is 5.82 Å². The molecule has 0 atom stereocenters. The fourth-order valence-electron chi connectivity index (χ4n) is 1.20. The molecule has 0 aromatic carbocycles. The average molecular weight is 239 g/mol. The van der Waals surface area contributed by atoms with Crippen molar-refractivity contribution in [1.82, 2.24) is 14.9 Å². The van der Waals surface area contributed by atoms with E-state index in [9.17, 15) is 0 Å². The van der Waals surface area contributed by atoms with Gasteiger partial charge in [0.2, 0.25) is 0 Å². The summed E-state index contributed by atoms with van der Waals surface area (Å²) < 4.78 is 0. The number of thiazole rings is 1. The molecular weight excluding hydrogens is 226 g/mol. The Labute approximate surface area is 96.8 Å². The fourth-order valence-corrected chi connectivity index (χ4v) is 1.84. The lowest BCUT2D eigenvalue weighted by atomic mass is 10.4. The molecular formula is C9H13N5OS. The summed E-state index contributed by atoms with van der Waals surface area (Å²) in [5.41, 5.74) is 12.6. The van der Waals surface area contributed by atoms with Crippen LogP contribution in [0.5, 0.6) is 0 Å². The first-order valence-corrected chi connectivity index (χ1v) is 5.68. The molecule has 0 unspecified atom stereocenters. The summed E-state index contributed by atoms with van der Waals surface area (Å²) in [4.78, 5) is 10.8. The zero-order valence-electron chi connectivity index (χ0n) is 9.04. The zero-order chi connectivity index (χ0) is 11.7. The summed E-state index contributed by atoms with van der Waals surface area (Å²) in [5, 5.41) is 6.77. The van der Waals surface area contributed by atoms with E-state index < -0.39 is 0 Å². The van der Waals surface area contributed by atoms with Gasteiger partial charge in [0, 0.05) is 11.6 Å². The maximum Gasteiger partial charge on any atom is 0.187 e. The van der Waals surface area contributed by atoms with Crippen molar-refractivity contribution in [3.63, 3.8) is 0 Å². The van der Waals surface area contributed by atoms with Gasteiger partial charge in [0.25, 0.3) is 0 Å².